The molecule has 1 aliphatic rings. The number of aryl methyl sites for hydroxylation is 2. The van der Waals surface area contributed by atoms with Gasteiger partial charge in [-0.2, -0.15) is 0 Å². The Balaban J connectivity index is 1.43. The number of para-hydroxylation sites is 1. The number of nitro benzene ring substituents is 1. The zero-order valence-corrected chi connectivity index (χ0v) is 25.5. The smallest absolute Gasteiger partial charge is 0.273 e. The molecule has 1 saturated heterocycles. The molecule has 3 aromatic carbocycles. The van der Waals surface area contributed by atoms with E-state index in [1.165, 1.54) is 19.2 Å². The lowest BCUT2D eigenvalue weighted by Crippen LogP contribution is -2.29. The summed E-state index contributed by atoms with van der Waals surface area (Å²) in [6.07, 6.45) is 1.78. The average molecular weight is 606 g/mol. The summed E-state index contributed by atoms with van der Waals surface area (Å²) in [5.74, 6) is 1.94. The summed E-state index contributed by atoms with van der Waals surface area (Å²) in [6, 6.07) is 28.0. The van der Waals surface area contributed by atoms with Crippen molar-refractivity contribution >= 4 is 28.7 Å². The molecule has 5 aromatic rings. The largest absolute Gasteiger partial charge is 0.494 e. The van der Waals surface area contributed by atoms with Crippen LogP contribution in [-0.2, 0) is 0 Å². The van der Waals surface area contributed by atoms with E-state index < -0.39 is 4.92 Å². The quantitative estimate of drug-likeness (QED) is 0.109. The van der Waals surface area contributed by atoms with Gasteiger partial charge in [-0.3, -0.25) is 15.1 Å². The maximum atomic E-state index is 11.4. The van der Waals surface area contributed by atoms with Crippen molar-refractivity contribution in [2.75, 3.05) is 12.0 Å². The van der Waals surface area contributed by atoms with Gasteiger partial charge in [0.05, 0.1) is 41.6 Å². The molecule has 1 fully saturated rings. The molecule has 0 unspecified atom stereocenters. The summed E-state index contributed by atoms with van der Waals surface area (Å²) >= 11 is 5.95. The predicted molar refractivity (Wildman–Crippen MR) is 174 cm³/mol. The second-order valence-corrected chi connectivity index (χ2v) is 11.0. The fourth-order valence-corrected chi connectivity index (χ4v) is 6.19. The number of nitro groups is 1. The lowest BCUT2D eigenvalue weighted by Gasteiger charge is -2.28. The van der Waals surface area contributed by atoms with Crippen LogP contribution < -0.4 is 19.7 Å². The van der Waals surface area contributed by atoms with Gasteiger partial charge in [0.2, 0.25) is 0 Å². The molecule has 2 aromatic heterocycles. The van der Waals surface area contributed by atoms with Crippen molar-refractivity contribution < 1.29 is 14.4 Å². The van der Waals surface area contributed by atoms with Gasteiger partial charge in [0, 0.05) is 29.3 Å². The van der Waals surface area contributed by atoms with Crippen molar-refractivity contribution in [2.24, 2.45) is 0 Å². The van der Waals surface area contributed by atoms with Crippen LogP contribution in [-0.4, -0.2) is 26.7 Å². The number of nitrogens with one attached hydrogen (secondary N) is 1. The fraction of sp³-hybridized carbons (Fsp3) is 0.176. The van der Waals surface area contributed by atoms with Crippen molar-refractivity contribution in [1.82, 2.24) is 14.9 Å². The molecule has 3 heterocycles. The van der Waals surface area contributed by atoms with E-state index in [0.717, 1.165) is 45.4 Å². The number of methoxy groups -OCH3 is 1. The maximum absolute atomic E-state index is 11.4. The highest BCUT2D eigenvalue weighted by Gasteiger charge is 2.42. The molecule has 2 atom stereocenters. The third-order valence-corrected chi connectivity index (χ3v) is 8.25. The molecule has 222 valence electrons. The van der Waals surface area contributed by atoms with Crippen molar-refractivity contribution in [3.8, 4) is 22.9 Å². The molecular weight excluding hydrogens is 574 g/mol. The molecule has 0 amide bonds. The summed E-state index contributed by atoms with van der Waals surface area (Å²) in [5.41, 5.74) is 6.44. The van der Waals surface area contributed by atoms with Crippen LogP contribution in [0.3, 0.4) is 0 Å². The minimum absolute atomic E-state index is 0.0325. The number of benzene rings is 3. The van der Waals surface area contributed by atoms with E-state index in [2.05, 4.69) is 25.8 Å². The number of ether oxygens (including phenoxy) is 2. The van der Waals surface area contributed by atoms with Gasteiger partial charge in [-0.25, -0.2) is 0 Å². The molecule has 10 heteroatoms. The SMILES string of the molecule is COc1cc([N+](=O)[O-])ccc1-n1c(C)cc([C@H]2[C@@H](c3ccccn3)NC(=S)N2c2ccc(Oc3ccccc3C)cc2)c1C. The number of pyridine rings is 1. The van der Waals surface area contributed by atoms with E-state index in [0.29, 0.717) is 16.5 Å². The average Bonchev–Trinajstić information content (AvgIpc) is 3.53. The normalized spacial score (nSPS) is 16.1. The lowest BCUT2D eigenvalue weighted by molar-refractivity contribution is -0.384. The summed E-state index contributed by atoms with van der Waals surface area (Å²) < 4.78 is 13.8. The zero-order chi connectivity index (χ0) is 31.0. The second kappa shape index (κ2) is 11.8. The monoisotopic (exact) mass is 605 g/mol. The van der Waals surface area contributed by atoms with Gasteiger partial charge in [-0.15, -0.1) is 0 Å². The number of thiocarbonyl (C=S) groups is 1. The summed E-state index contributed by atoms with van der Waals surface area (Å²) in [5, 5.41) is 15.5. The topological polar surface area (TPSA) is 94.7 Å². The molecule has 0 bridgehead atoms. The van der Waals surface area contributed by atoms with E-state index in [1.54, 1.807) is 12.3 Å². The Morgan fingerprint density at radius 2 is 1.68 bits per heavy atom. The van der Waals surface area contributed by atoms with Crippen LogP contribution in [0.5, 0.6) is 17.2 Å². The van der Waals surface area contributed by atoms with Crippen molar-refractivity contribution in [3.05, 3.63) is 136 Å². The molecule has 6 rings (SSSR count). The standard InChI is InChI=1S/C34H31N5O4S/c1-21-9-5-6-11-30(21)43-26-15-12-24(13-16-26)38-33(32(36-34(38)44)28-10-7-8-18-35-28)27-19-22(2)37(23(27)3)29-17-14-25(39(40)41)20-31(29)42-4/h5-20,32-33H,1-4H3,(H,36,44)/t32-,33+/m1/s1. The van der Waals surface area contributed by atoms with Crippen molar-refractivity contribution in [1.29, 1.82) is 0 Å². The molecule has 0 saturated carbocycles. The maximum Gasteiger partial charge on any atom is 0.273 e. The Morgan fingerprint density at radius 1 is 0.932 bits per heavy atom. The highest BCUT2D eigenvalue weighted by atomic mass is 32.1. The van der Waals surface area contributed by atoms with E-state index >= 15 is 0 Å². The highest BCUT2D eigenvalue weighted by Crippen LogP contribution is 2.45. The Bertz CT molecular complexity index is 1860. The molecular formula is C34H31N5O4S. The summed E-state index contributed by atoms with van der Waals surface area (Å²) in [7, 11) is 1.52. The minimum atomic E-state index is -0.426. The number of anilines is 1. The number of hydrogen-bond donors (Lipinski definition) is 1. The van der Waals surface area contributed by atoms with Gasteiger partial charge < -0.3 is 24.3 Å². The first kappa shape index (κ1) is 28.9. The Hall–Kier alpha value is -5.22. The Morgan fingerprint density at radius 3 is 2.36 bits per heavy atom. The molecule has 44 heavy (non-hydrogen) atoms. The Kier molecular flexibility index (Phi) is 7.75. The molecule has 1 N–H and O–H groups in total. The van der Waals surface area contributed by atoms with E-state index in [9.17, 15) is 10.1 Å². The van der Waals surface area contributed by atoms with Gasteiger partial charge in [0.1, 0.15) is 17.2 Å². The van der Waals surface area contributed by atoms with Crippen LogP contribution in [0.25, 0.3) is 5.69 Å². The van der Waals surface area contributed by atoms with E-state index in [-0.39, 0.29) is 17.8 Å². The molecule has 0 radical (unpaired) electrons. The first-order chi connectivity index (χ1) is 21.3. The van der Waals surface area contributed by atoms with E-state index in [1.807, 2.05) is 87.5 Å². The first-order valence-corrected chi connectivity index (χ1v) is 14.5. The fourth-order valence-electron chi connectivity index (χ4n) is 5.84. The Labute approximate surface area is 260 Å². The van der Waals surface area contributed by atoms with Gasteiger partial charge in [0.25, 0.3) is 5.69 Å². The van der Waals surface area contributed by atoms with Crippen LogP contribution in [0.15, 0.2) is 97.2 Å². The van der Waals surface area contributed by atoms with Crippen LogP contribution >= 0.6 is 12.2 Å². The minimum Gasteiger partial charge on any atom is -0.494 e. The summed E-state index contributed by atoms with van der Waals surface area (Å²) in [6.45, 7) is 6.07. The van der Waals surface area contributed by atoms with Crippen LogP contribution in [0.2, 0.25) is 0 Å². The van der Waals surface area contributed by atoms with Crippen LogP contribution in [0.4, 0.5) is 11.4 Å². The highest BCUT2D eigenvalue weighted by molar-refractivity contribution is 7.80. The first-order valence-electron chi connectivity index (χ1n) is 14.1. The second-order valence-electron chi connectivity index (χ2n) is 10.6. The number of aromatic nitrogens is 2. The van der Waals surface area contributed by atoms with Gasteiger partial charge >= 0.3 is 0 Å². The number of non-ortho nitro benzene ring substituents is 1. The van der Waals surface area contributed by atoms with Gasteiger partial charge in [-0.05, 0) is 98.7 Å². The van der Waals surface area contributed by atoms with Crippen LogP contribution in [0, 0.1) is 30.9 Å². The third kappa shape index (κ3) is 5.24. The number of rotatable bonds is 8. The van der Waals surface area contributed by atoms with Crippen molar-refractivity contribution in [2.45, 2.75) is 32.9 Å². The van der Waals surface area contributed by atoms with Gasteiger partial charge in [-0.1, -0.05) is 24.3 Å². The molecule has 0 aliphatic carbocycles. The summed E-state index contributed by atoms with van der Waals surface area (Å²) in [4.78, 5) is 17.8. The zero-order valence-electron chi connectivity index (χ0n) is 24.7. The van der Waals surface area contributed by atoms with Crippen molar-refractivity contribution in [3.63, 3.8) is 0 Å². The third-order valence-electron chi connectivity index (χ3n) is 7.94. The number of nitrogens with zero attached hydrogens (tertiary/aromatic N) is 4. The van der Waals surface area contributed by atoms with E-state index in [4.69, 9.17) is 21.7 Å². The predicted octanol–water partition coefficient (Wildman–Crippen LogP) is 7.68. The molecule has 9 nitrogen and oxygen atoms in total. The van der Waals surface area contributed by atoms with Gasteiger partial charge in [0.15, 0.2) is 5.11 Å². The molecule has 0 spiro atoms. The molecule has 1 aliphatic heterocycles. The van der Waals surface area contributed by atoms with Crippen LogP contribution in [0.1, 0.15) is 40.3 Å². The number of hydrogen-bond acceptors (Lipinski definition) is 6. The lowest BCUT2D eigenvalue weighted by atomic mass is 9.96.